The molecular formula is C61H38F6N2. The Morgan fingerprint density at radius 3 is 1.29 bits per heavy atom. The molecule has 12 rings (SSSR count). The minimum Gasteiger partial charge on any atom is -0.308 e. The molecule has 0 amide bonds. The first-order valence-corrected chi connectivity index (χ1v) is 22.7. The van der Waals surface area contributed by atoms with E-state index in [-0.39, 0.29) is 16.9 Å². The third-order valence-electron chi connectivity index (χ3n) is 13.4. The number of aromatic nitrogens is 2. The molecule has 0 saturated carbocycles. The van der Waals surface area contributed by atoms with Crippen LogP contribution in [0.25, 0.3) is 99.5 Å². The van der Waals surface area contributed by atoms with Crippen molar-refractivity contribution in [3.63, 3.8) is 0 Å². The van der Waals surface area contributed by atoms with E-state index in [1.54, 1.807) is 9.13 Å². The van der Waals surface area contributed by atoms with E-state index in [1.807, 2.05) is 182 Å². The summed E-state index contributed by atoms with van der Waals surface area (Å²) in [5.41, 5.74) is 4.63. The van der Waals surface area contributed by atoms with Gasteiger partial charge in [0.15, 0.2) is 11.6 Å². The molecule has 2 heterocycles. The van der Waals surface area contributed by atoms with Gasteiger partial charge in [0.25, 0.3) is 0 Å². The largest absolute Gasteiger partial charge is 0.420 e. The molecule has 2 aliphatic carbocycles. The van der Waals surface area contributed by atoms with Crippen LogP contribution < -0.4 is 10.4 Å². The Bertz CT molecular complexity index is 3820. The Labute approximate surface area is 392 Å². The Kier molecular flexibility index (Phi) is 10.0. The van der Waals surface area contributed by atoms with Gasteiger partial charge in [0.2, 0.25) is 0 Å². The summed E-state index contributed by atoms with van der Waals surface area (Å²) in [6.07, 6.45) is 12.0. The molecule has 2 aliphatic rings. The van der Waals surface area contributed by atoms with Crippen molar-refractivity contribution in [1.29, 1.82) is 0 Å². The lowest BCUT2D eigenvalue weighted by molar-refractivity contribution is -0.137. The molecule has 8 heteroatoms. The molecule has 0 spiro atoms. The van der Waals surface area contributed by atoms with Gasteiger partial charge in [-0.2, -0.15) is 13.2 Å². The molecule has 69 heavy (non-hydrogen) atoms. The van der Waals surface area contributed by atoms with E-state index in [9.17, 15) is 0 Å². The minimum absolute atomic E-state index is 0.149. The van der Waals surface area contributed by atoms with E-state index in [1.165, 1.54) is 12.1 Å². The Balaban J connectivity index is 1.29. The number of nitrogens with zero attached hydrogens (tertiary/aromatic N) is 2. The zero-order valence-corrected chi connectivity index (χ0v) is 36.7. The second kappa shape index (κ2) is 16.5. The molecule has 2 nitrogen and oxygen atoms in total. The molecule has 0 unspecified atom stereocenters. The lowest BCUT2D eigenvalue weighted by Crippen LogP contribution is -2.17. The normalized spacial score (nSPS) is 15.4. The van der Waals surface area contributed by atoms with Crippen LogP contribution in [0, 0.1) is 17.5 Å². The fourth-order valence-electron chi connectivity index (χ4n) is 10.2. The molecule has 334 valence electrons. The fourth-order valence-corrected chi connectivity index (χ4v) is 10.2. The van der Waals surface area contributed by atoms with Crippen LogP contribution in [0.5, 0.6) is 0 Å². The van der Waals surface area contributed by atoms with Gasteiger partial charge < -0.3 is 9.13 Å². The summed E-state index contributed by atoms with van der Waals surface area (Å²) in [5.74, 6) is -3.93. The zero-order valence-electron chi connectivity index (χ0n) is 36.7. The summed E-state index contributed by atoms with van der Waals surface area (Å²) in [4.78, 5) is 0. The van der Waals surface area contributed by atoms with Gasteiger partial charge >= 0.3 is 6.18 Å². The number of fused-ring (bicyclic) bond motifs is 6. The van der Waals surface area contributed by atoms with Crippen molar-refractivity contribution in [1.82, 2.24) is 9.13 Å². The summed E-state index contributed by atoms with van der Waals surface area (Å²) < 4.78 is 101. The predicted molar refractivity (Wildman–Crippen MR) is 268 cm³/mol. The highest BCUT2D eigenvalue weighted by molar-refractivity contribution is 6.12. The lowest BCUT2D eigenvalue weighted by Gasteiger charge is -2.23. The number of benzene rings is 8. The fraction of sp³-hybridized carbons (Fsp3) is 0.0492. The van der Waals surface area contributed by atoms with Crippen molar-refractivity contribution in [2.45, 2.75) is 19.0 Å². The molecular weight excluding hydrogens is 875 g/mol. The second-order valence-electron chi connectivity index (χ2n) is 17.5. The summed E-state index contributed by atoms with van der Waals surface area (Å²) in [6, 6.07) is 45.9. The molecule has 0 atom stereocenters. The van der Waals surface area contributed by atoms with Crippen LogP contribution in [0.3, 0.4) is 0 Å². The van der Waals surface area contributed by atoms with Crippen molar-refractivity contribution >= 4 is 54.8 Å². The van der Waals surface area contributed by atoms with Crippen LogP contribution in [0.1, 0.15) is 18.4 Å². The Morgan fingerprint density at radius 1 is 0.406 bits per heavy atom. The van der Waals surface area contributed by atoms with Crippen molar-refractivity contribution in [2.24, 2.45) is 0 Å². The smallest absolute Gasteiger partial charge is 0.308 e. The van der Waals surface area contributed by atoms with Gasteiger partial charge in [-0.1, -0.05) is 158 Å². The van der Waals surface area contributed by atoms with Crippen LogP contribution in [-0.2, 0) is 6.18 Å². The first kappa shape index (κ1) is 42.0. The third-order valence-corrected chi connectivity index (χ3v) is 13.4. The highest BCUT2D eigenvalue weighted by atomic mass is 19.4. The van der Waals surface area contributed by atoms with Gasteiger partial charge in [-0.05, 0) is 105 Å². The van der Waals surface area contributed by atoms with E-state index >= 15 is 26.3 Å². The van der Waals surface area contributed by atoms with Crippen molar-refractivity contribution in [3.05, 3.63) is 240 Å². The van der Waals surface area contributed by atoms with E-state index in [0.29, 0.717) is 62.5 Å². The quantitative estimate of drug-likeness (QED) is 0.120. The predicted octanol–water partition coefficient (Wildman–Crippen LogP) is 15.7. The van der Waals surface area contributed by atoms with Crippen LogP contribution in [-0.4, -0.2) is 9.13 Å². The van der Waals surface area contributed by atoms with Crippen molar-refractivity contribution in [3.8, 4) is 44.8 Å². The number of hydrogen-bond acceptors (Lipinski definition) is 0. The molecule has 0 saturated heterocycles. The van der Waals surface area contributed by atoms with Gasteiger partial charge in [-0.25, -0.2) is 13.2 Å². The molecule has 0 fully saturated rings. The van der Waals surface area contributed by atoms with Crippen LogP contribution >= 0.6 is 0 Å². The van der Waals surface area contributed by atoms with E-state index in [4.69, 9.17) is 0 Å². The standard InChI is InChI=1S/C61H38F6N2/c62-46-35-51(60(64)52(63)36-46)45-33-57(68-53-29-41(37-13-5-1-6-14-37)21-25-47(53)48-26-22-42(30-54(48)68)38-15-7-2-8-16-38)59(61(65,66)67)58(34-45)69-55-31-43(39-17-9-3-10-18-39)23-27-49(55)50-28-24-44(32-56(50)69)40-19-11-4-12-20-40/h1-17,19,21-36H,18,20H2. The number of halogens is 6. The van der Waals surface area contributed by atoms with Gasteiger partial charge in [0.05, 0.1) is 33.4 Å². The van der Waals surface area contributed by atoms with Crippen molar-refractivity contribution in [2.75, 3.05) is 0 Å². The molecule has 2 aromatic heterocycles. The summed E-state index contributed by atoms with van der Waals surface area (Å²) in [6.45, 7) is 0. The summed E-state index contributed by atoms with van der Waals surface area (Å²) in [7, 11) is 0. The summed E-state index contributed by atoms with van der Waals surface area (Å²) >= 11 is 0. The van der Waals surface area contributed by atoms with Gasteiger partial charge in [0.1, 0.15) is 11.4 Å². The zero-order chi connectivity index (χ0) is 47.0. The maximum Gasteiger partial charge on any atom is 0.420 e. The molecule has 10 aromatic rings. The highest BCUT2D eigenvalue weighted by Gasteiger charge is 2.40. The van der Waals surface area contributed by atoms with Crippen LogP contribution in [0.4, 0.5) is 26.3 Å². The maximum atomic E-state index is 17.0. The monoisotopic (exact) mass is 912 g/mol. The van der Waals surface area contributed by atoms with Crippen LogP contribution in [0.2, 0.25) is 0 Å². The molecule has 0 bridgehead atoms. The molecule has 8 aromatic carbocycles. The average molecular weight is 913 g/mol. The SMILES string of the molecule is Fc1cc(F)c(F)c(-c2cc(-n3c4cc(-c5ccccc5)ccc4c4ccc(-c5ccccc5)cc43)c(C(F)(F)F)c(-n3c4cc(=C5C=CC=CC5)ccc4c4ccc(=C5C=CC=CC5)cc43)c2)c1. The first-order valence-electron chi connectivity index (χ1n) is 22.7. The van der Waals surface area contributed by atoms with Crippen molar-refractivity contribution < 1.29 is 26.3 Å². The molecule has 0 N–H and O–H groups in total. The lowest BCUT2D eigenvalue weighted by atomic mass is 9.98. The molecule has 0 radical (unpaired) electrons. The summed E-state index contributed by atoms with van der Waals surface area (Å²) in [5, 5.41) is 4.37. The number of hydrogen-bond donors (Lipinski definition) is 0. The minimum atomic E-state index is -5.05. The second-order valence-corrected chi connectivity index (χ2v) is 17.5. The maximum absolute atomic E-state index is 17.0. The number of rotatable bonds is 5. The Hall–Kier alpha value is -8.36. The molecule has 0 aliphatic heterocycles. The van der Waals surface area contributed by atoms with Gasteiger partial charge in [-0.3, -0.25) is 0 Å². The third kappa shape index (κ3) is 7.22. The number of alkyl halides is 3. The number of allylic oxidation sites excluding steroid dienone is 8. The van der Waals surface area contributed by atoms with E-state index < -0.39 is 34.8 Å². The highest BCUT2D eigenvalue weighted by Crippen LogP contribution is 2.47. The van der Waals surface area contributed by atoms with Gasteiger partial charge in [0, 0.05) is 33.2 Å². The van der Waals surface area contributed by atoms with Crippen LogP contribution in [0.15, 0.2) is 206 Å². The average Bonchev–Trinajstić information content (AvgIpc) is 3.89. The van der Waals surface area contributed by atoms with E-state index in [0.717, 1.165) is 49.9 Å². The first-order chi connectivity index (χ1) is 33.6. The van der Waals surface area contributed by atoms with Gasteiger partial charge in [-0.15, -0.1) is 0 Å². The van der Waals surface area contributed by atoms with E-state index in [2.05, 4.69) is 0 Å². The topological polar surface area (TPSA) is 9.86 Å². The Morgan fingerprint density at radius 2 is 0.855 bits per heavy atom.